The van der Waals surface area contributed by atoms with Gasteiger partial charge in [-0.3, -0.25) is 0 Å². The molecule has 1 aliphatic carbocycles. The van der Waals surface area contributed by atoms with Gasteiger partial charge in [0.15, 0.2) is 0 Å². The van der Waals surface area contributed by atoms with Crippen LogP contribution in [0.4, 0.5) is 0 Å². The molecule has 86 valence electrons. The molecule has 0 saturated heterocycles. The minimum absolute atomic E-state index is 0.234. The van der Waals surface area contributed by atoms with Gasteiger partial charge in [-0.1, -0.05) is 30.4 Å². The zero-order chi connectivity index (χ0) is 12.0. The summed E-state index contributed by atoms with van der Waals surface area (Å²) in [5.41, 5.74) is 9.98. The fourth-order valence-corrected chi connectivity index (χ4v) is 2.67. The first-order valence-electron chi connectivity index (χ1n) is 6.07. The Morgan fingerprint density at radius 1 is 1.24 bits per heavy atom. The number of fused-ring (bicyclic) bond motifs is 2. The molecule has 2 N–H and O–H groups in total. The Bertz CT molecular complexity index is 621. The van der Waals surface area contributed by atoms with Gasteiger partial charge in [-0.15, -0.1) is 0 Å². The number of nitrogens with two attached hydrogens (primary N) is 1. The second-order valence-corrected chi connectivity index (χ2v) is 5.26. The molecule has 0 aromatic heterocycles. The van der Waals surface area contributed by atoms with E-state index in [9.17, 15) is 0 Å². The van der Waals surface area contributed by atoms with E-state index in [1.165, 1.54) is 27.5 Å². The maximum absolute atomic E-state index is 6.37. The van der Waals surface area contributed by atoms with E-state index in [2.05, 4.69) is 56.3 Å². The lowest BCUT2D eigenvalue weighted by atomic mass is 9.81. The second kappa shape index (κ2) is 3.44. The Morgan fingerprint density at radius 2 is 2.06 bits per heavy atom. The Kier molecular flexibility index (Phi) is 2.14. The van der Waals surface area contributed by atoms with Crippen LogP contribution in [0.15, 0.2) is 36.4 Å². The van der Waals surface area contributed by atoms with Crippen LogP contribution in [-0.2, 0) is 5.54 Å². The molecule has 2 aromatic rings. The van der Waals surface area contributed by atoms with E-state index in [4.69, 9.17) is 5.73 Å². The highest BCUT2D eigenvalue weighted by atomic mass is 14.7. The molecular formula is C16H17N. The lowest BCUT2D eigenvalue weighted by Gasteiger charge is -2.29. The number of rotatable bonds is 0. The fraction of sp³-hybridized carbons (Fsp3) is 0.250. The topological polar surface area (TPSA) is 26.0 Å². The third-order valence-corrected chi connectivity index (χ3v) is 3.72. The lowest BCUT2D eigenvalue weighted by Crippen LogP contribution is -2.34. The van der Waals surface area contributed by atoms with Crippen LogP contribution < -0.4 is 5.73 Å². The van der Waals surface area contributed by atoms with Gasteiger partial charge in [-0.2, -0.15) is 0 Å². The van der Waals surface area contributed by atoms with Crippen molar-refractivity contribution in [2.45, 2.75) is 25.8 Å². The number of hydrogen-bond acceptors (Lipinski definition) is 1. The molecule has 0 aliphatic heterocycles. The lowest BCUT2D eigenvalue weighted by molar-refractivity contribution is 0.498. The van der Waals surface area contributed by atoms with Crippen molar-refractivity contribution in [1.29, 1.82) is 0 Å². The summed E-state index contributed by atoms with van der Waals surface area (Å²) in [6, 6.07) is 10.9. The Labute approximate surface area is 102 Å². The fourth-order valence-electron chi connectivity index (χ4n) is 2.67. The molecule has 0 bridgehead atoms. The Hall–Kier alpha value is -1.60. The molecule has 0 amide bonds. The van der Waals surface area contributed by atoms with E-state index >= 15 is 0 Å². The van der Waals surface area contributed by atoms with Crippen LogP contribution >= 0.6 is 0 Å². The molecule has 1 aliphatic rings. The normalized spacial score (nSPS) is 22.8. The van der Waals surface area contributed by atoms with Gasteiger partial charge in [-0.25, -0.2) is 0 Å². The summed E-state index contributed by atoms with van der Waals surface area (Å²) in [4.78, 5) is 0. The molecule has 0 fully saturated rings. The zero-order valence-electron chi connectivity index (χ0n) is 10.3. The van der Waals surface area contributed by atoms with Crippen LogP contribution in [0, 0.1) is 6.92 Å². The maximum atomic E-state index is 6.37. The average Bonchev–Trinajstić information content (AvgIpc) is 2.28. The number of benzene rings is 2. The van der Waals surface area contributed by atoms with Crippen molar-refractivity contribution in [2.24, 2.45) is 5.73 Å². The van der Waals surface area contributed by atoms with Crippen molar-refractivity contribution in [3.8, 4) is 0 Å². The largest absolute Gasteiger partial charge is 0.321 e. The van der Waals surface area contributed by atoms with Crippen LogP contribution in [0.5, 0.6) is 0 Å². The Morgan fingerprint density at radius 3 is 2.88 bits per heavy atom. The number of hydrogen-bond donors (Lipinski definition) is 1. The molecule has 1 unspecified atom stereocenters. The quantitative estimate of drug-likeness (QED) is 0.723. The molecule has 1 heteroatoms. The van der Waals surface area contributed by atoms with Crippen molar-refractivity contribution >= 4 is 16.8 Å². The van der Waals surface area contributed by atoms with Gasteiger partial charge < -0.3 is 5.73 Å². The summed E-state index contributed by atoms with van der Waals surface area (Å²) in [6.07, 6.45) is 5.28. The molecule has 0 radical (unpaired) electrons. The second-order valence-electron chi connectivity index (χ2n) is 5.26. The molecule has 2 aromatic carbocycles. The summed E-state index contributed by atoms with van der Waals surface area (Å²) >= 11 is 0. The molecule has 1 atom stereocenters. The van der Waals surface area contributed by atoms with Crippen molar-refractivity contribution in [3.63, 3.8) is 0 Å². The first kappa shape index (κ1) is 10.5. The Balaban J connectivity index is 2.37. The molecule has 17 heavy (non-hydrogen) atoms. The molecule has 0 heterocycles. The van der Waals surface area contributed by atoms with Crippen molar-refractivity contribution in [3.05, 3.63) is 53.1 Å². The minimum atomic E-state index is -0.234. The van der Waals surface area contributed by atoms with E-state index < -0.39 is 0 Å². The van der Waals surface area contributed by atoms with Crippen molar-refractivity contribution < 1.29 is 0 Å². The van der Waals surface area contributed by atoms with Crippen LogP contribution in [0.3, 0.4) is 0 Å². The molecule has 0 spiro atoms. The smallest absolute Gasteiger partial charge is 0.0422 e. The first-order chi connectivity index (χ1) is 8.08. The van der Waals surface area contributed by atoms with Gasteiger partial charge in [0, 0.05) is 5.54 Å². The monoisotopic (exact) mass is 223 g/mol. The number of aryl methyl sites for hydroxylation is 1. The van der Waals surface area contributed by atoms with E-state index in [-0.39, 0.29) is 5.54 Å². The molecule has 1 nitrogen and oxygen atoms in total. The summed E-state index contributed by atoms with van der Waals surface area (Å²) in [7, 11) is 0. The van der Waals surface area contributed by atoms with Gasteiger partial charge in [0.2, 0.25) is 0 Å². The molecular weight excluding hydrogens is 206 g/mol. The third-order valence-electron chi connectivity index (χ3n) is 3.72. The minimum Gasteiger partial charge on any atom is -0.321 e. The van der Waals surface area contributed by atoms with Crippen LogP contribution in [0.25, 0.3) is 16.8 Å². The SMILES string of the molecule is Cc1cccc2cc3c(cc12)C=CCC3(C)N. The molecule has 3 rings (SSSR count). The van der Waals surface area contributed by atoms with Crippen molar-refractivity contribution in [2.75, 3.05) is 0 Å². The van der Waals surface area contributed by atoms with Gasteiger partial charge in [0.25, 0.3) is 0 Å². The van der Waals surface area contributed by atoms with E-state index in [0.29, 0.717) is 0 Å². The average molecular weight is 223 g/mol. The molecule has 0 saturated carbocycles. The maximum Gasteiger partial charge on any atom is 0.0422 e. The van der Waals surface area contributed by atoms with Gasteiger partial charge in [0.05, 0.1) is 0 Å². The highest BCUT2D eigenvalue weighted by Gasteiger charge is 2.25. The van der Waals surface area contributed by atoms with Gasteiger partial charge >= 0.3 is 0 Å². The highest BCUT2D eigenvalue weighted by molar-refractivity contribution is 5.89. The summed E-state index contributed by atoms with van der Waals surface area (Å²) in [5.74, 6) is 0. The van der Waals surface area contributed by atoms with Crippen molar-refractivity contribution in [1.82, 2.24) is 0 Å². The van der Waals surface area contributed by atoms with Gasteiger partial charge in [0.1, 0.15) is 0 Å². The van der Waals surface area contributed by atoms with Crippen LogP contribution in [0.2, 0.25) is 0 Å². The van der Waals surface area contributed by atoms with E-state index in [0.717, 1.165) is 6.42 Å². The predicted molar refractivity (Wildman–Crippen MR) is 73.9 cm³/mol. The first-order valence-corrected chi connectivity index (χ1v) is 6.07. The van der Waals surface area contributed by atoms with Crippen LogP contribution in [-0.4, -0.2) is 0 Å². The summed E-state index contributed by atoms with van der Waals surface area (Å²) in [5, 5.41) is 2.62. The predicted octanol–water partition coefficient (Wildman–Crippen LogP) is 3.74. The zero-order valence-corrected chi connectivity index (χ0v) is 10.3. The highest BCUT2D eigenvalue weighted by Crippen LogP contribution is 2.34. The van der Waals surface area contributed by atoms with Crippen LogP contribution in [0.1, 0.15) is 30.0 Å². The summed E-state index contributed by atoms with van der Waals surface area (Å²) < 4.78 is 0. The van der Waals surface area contributed by atoms with E-state index in [1.54, 1.807) is 0 Å². The standard InChI is InChI=1S/C16H17N/c1-11-5-3-6-12-10-15-13(9-14(11)12)7-4-8-16(15,2)17/h3-7,9-10H,8,17H2,1-2H3. The third kappa shape index (κ3) is 1.58. The summed E-state index contributed by atoms with van der Waals surface area (Å²) in [6.45, 7) is 4.26. The van der Waals surface area contributed by atoms with E-state index in [1.807, 2.05) is 0 Å². The van der Waals surface area contributed by atoms with Gasteiger partial charge in [-0.05, 0) is 59.9 Å².